The van der Waals surface area contributed by atoms with E-state index < -0.39 is 11.9 Å². The number of carbonyl (C=O) groups is 3. The summed E-state index contributed by atoms with van der Waals surface area (Å²) in [5.41, 5.74) is 2.98. The van der Waals surface area contributed by atoms with Gasteiger partial charge in [-0.2, -0.15) is 5.10 Å². The minimum atomic E-state index is -0.546. The van der Waals surface area contributed by atoms with Crippen molar-refractivity contribution in [2.75, 3.05) is 19.0 Å². The third-order valence-corrected chi connectivity index (χ3v) is 5.01. The average molecular weight is 447 g/mol. The van der Waals surface area contributed by atoms with Crippen LogP contribution in [0.1, 0.15) is 26.4 Å². The number of aryl methyl sites for hydroxylation is 2. The lowest BCUT2D eigenvalue weighted by Crippen LogP contribution is -2.30. The Kier molecular flexibility index (Phi) is 5.90. The summed E-state index contributed by atoms with van der Waals surface area (Å²) in [4.78, 5) is 41.1. The van der Waals surface area contributed by atoms with Crippen molar-refractivity contribution >= 4 is 34.5 Å². The molecule has 0 saturated carbocycles. The van der Waals surface area contributed by atoms with Crippen LogP contribution in [0.2, 0.25) is 0 Å². The predicted octanol–water partition coefficient (Wildman–Crippen LogP) is 2.69. The Labute approximate surface area is 188 Å². The molecule has 3 aromatic heterocycles. The van der Waals surface area contributed by atoms with E-state index in [2.05, 4.69) is 25.5 Å². The Morgan fingerprint density at radius 3 is 2.55 bits per heavy atom. The molecule has 4 rings (SSSR count). The van der Waals surface area contributed by atoms with Gasteiger partial charge in [0, 0.05) is 18.3 Å². The average Bonchev–Trinajstić information content (AvgIpc) is 3.45. The van der Waals surface area contributed by atoms with Gasteiger partial charge in [0.05, 0.1) is 30.0 Å². The van der Waals surface area contributed by atoms with Crippen molar-refractivity contribution in [3.05, 3.63) is 65.5 Å². The Hall–Kier alpha value is -4.47. The molecule has 2 N–H and O–H groups in total. The van der Waals surface area contributed by atoms with E-state index in [1.54, 1.807) is 60.5 Å². The molecule has 168 valence electrons. The summed E-state index contributed by atoms with van der Waals surface area (Å²) in [5.74, 6) is -0.792. The number of methoxy groups -OCH3 is 1. The molecule has 0 saturated heterocycles. The van der Waals surface area contributed by atoms with Gasteiger partial charge in [0.15, 0.2) is 11.4 Å². The second-order valence-electron chi connectivity index (χ2n) is 7.23. The van der Waals surface area contributed by atoms with Crippen LogP contribution in [0, 0.1) is 6.92 Å². The fraction of sp³-hybridized carbons (Fsp3) is 0.174. The van der Waals surface area contributed by atoms with E-state index >= 15 is 0 Å². The maximum absolute atomic E-state index is 13.2. The summed E-state index contributed by atoms with van der Waals surface area (Å²) in [7, 11) is 3.01. The molecule has 0 aliphatic carbocycles. The standard InChI is InChI=1S/C23H21N5O5/c1-13-20-16(11-17(18-5-4-10-33-18)26-21(20)28(2)27-13)23(31)25-15-8-6-14(7-9-15)22(30)24-12-19(29)32-3/h4-11H,12H2,1-3H3,(H,24,30)(H,25,31). The predicted molar refractivity (Wildman–Crippen MR) is 120 cm³/mol. The summed E-state index contributed by atoms with van der Waals surface area (Å²) >= 11 is 0. The highest BCUT2D eigenvalue weighted by Crippen LogP contribution is 2.27. The number of hydrogen-bond acceptors (Lipinski definition) is 7. The summed E-state index contributed by atoms with van der Waals surface area (Å²) in [6.45, 7) is 1.59. The summed E-state index contributed by atoms with van der Waals surface area (Å²) in [5, 5.41) is 10.3. The van der Waals surface area contributed by atoms with Crippen molar-refractivity contribution in [1.82, 2.24) is 20.1 Å². The molecule has 10 nitrogen and oxygen atoms in total. The van der Waals surface area contributed by atoms with Gasteiger partial charge < -0.3 is 19.8 Å². The van der Waals surface area contributed by atoms with Gasteiger partial charge in [-0.1, -0.05) is 0 Å². The van der Waals surface area contributed by atoms with Crippen molar-refractivity contribution in [3.63, 3.8) is 0 Å². The number of rotatable bonds is 6. The highest BCUT2D eigenvalue weighted by Gasteiger charge is 2.20. The van der Waals surface area contributed by atoms with E-state index in [1.165, 1.54) is 7.11 Å². The van der Waals surface area contributed by atoms with Gasteiger partial charge in [-0.15, -0.1) is 0 Å². The summed E-state index contributed by atoms with van der Waals surface area (Å²) in [6.07, 6.45) is 1.54. The van der Waals surface area contributed by atoms with Crippen molar-refractivity contribution < 1.29 is 23.5 Å². The van der Waals surface area contributed by atoms with Crippen LogP contribution in [-0.4, -0.2) is 46.2 Å². The Morgan fingerprint density at radius 1 is 1.12 bits per heavy atom. The van der Waals surface area contributed by atoms with Crippen molar-refractivity contribution in [2.45, 2.75) is 6.92 Å². The zero-order valence-electron chi connectivity index (χ0n) is 18.2. The van der Waals surface area contributed by atoms with E-state index in [1.807, 2.05) is 6.92 Å². The number of amides is 2. The number of anilines is 1. The molecule has 3 heterocycles. The number of fused-ring (bicyclic) bond motifs is 1. The number of nitrogens with zero attached hydrogens (tertiary/aromatic N) is 3. The first-order valence-corrected chi connectivity index (χ1v) is 10.0. The molecule has 4 aromatic rings. The molecular weight excluding hydrogens is 426 g/mol. The fourth-order valence-electron chi connectivity index (χ4n) is 3.40. The Balaban J connectivity index is 1.59. The molecule has 33 heavy (non-hydrogen) atoms. The normalized spacial score (nSPS) is 10.8. The van der Waals surface area contributed by atoms with Gasteiger partial charge in [-0.25, -0.2) is 4.98 Å². The highest BCUT2D eigenvalue weighted by molar-refractivity contribution is 6.13. The number of carbonyl (C=O) groups excluding carboxylic acids is 3. The lowest BCUT2D eigenvalue weighted by Gasteiger charge is -2.09. The molecule has 0 unspecified atom stereocenters. The van der Waals surface area contributed by atoms with E-state index in [4.69, 9.17) is 4.42 Å². The third-order valence-electron chi connectivity index (χ3n) is 5.01. The number of furan rings is 1. The number of nitrogens with one attached hydrogen (secondary N) is 2. The SMILES string of the molecule is COC(=O)CNC(=O)c1ccc(NC(=O)c2cc(-c3ccco3)nc3c2c(C)nn3C)cc1. The highest BCUT2D eigenvalue weighted by atomic mass is 16.5. The van der Waals surface area contributed by atoms with Crippen molar-refractivity contribution in [3.8, 4) is 11.5 Å². The van der Waals surface area contributed by atoms with Crippen LogP contribution in [0.4, 0.5) is 5.69 Å². The molecular formula is C23H21N5O5. The lowest BCUT2D eigenvalue weighted by atomic mass is 10.1. The molecule has 0 aliphatic heterocycles. The summed E-state index contributed by atoms with van der Waals surface area (Å²) < 4.78 is 11.6. The fourth-order valence-corrected chi connectivity index (χ4v) is 3.40. The monoisotopic (exact) mass is 447 g/mol. The van der Waals surface area contributed by atoms with Crippen LogP contribution in [-0.2, 0) is 16.6 Å². The first-order chi connectivity index (χ1) is 15.9. The van der Waals surface area contributed by atoms with E-state index in [0.29, 0.717) is 45.0 Å². The van der Waals surface area contributed by atoms with Gasteiger partial charge in [0.2, 0.25) is 0 Å². The number of esters is 1. The van der Waals surface area contributed by atoms with E-state index in [9.17, 15) is 14.4 Å². The largest absolute Gasteiger partial charge is 0.468 e. The first-order valence-electron chi connectivity index (χ1n) is 10.0. The molecule has 0 atom stereocenters. The molecule has 10 heteroatoms. The van der Waals surface area contributed by atoms with Gasteiger partial charge in [-0.05, 0) is 49.4 Å². The van der Waals surface area contributed by atoms with Gasteiger partial charge in [-0.3, -0.25) is 19.1 Å². The van der Waals surface area contributed by atoms with Crippen LogP contribution in [0.25, 0.3) is 22.5 Å². The molecule has 2 amide bonds. The zero-order chi connectivity index (χ0) is 23.5. The summed E-state index contributed by atoms with van der Waals surface area (Å²) in [6, 6.07) is 11.5. The third kappa shape index (κ3) is 4.45. The first kappa shape index (κ1) is 21.8. The topological polar surface area (TPSA) is 128 Å². The van der Waals surface area contributed by atoms with Crippen LogP contribution >= 0.6 is 0 Å². The zero-order valence-corrected chi connectivity index (χ0v) is 18.2. The van der Waals surface area contributed by atoms with Crippen LogP contribution < -0.4 is 10.6 Å². The molecule has 0 spiro atoms. The molecule has 1 aromatic carbocycles. The molecule has 0 aliphatic rings. The second-order valence-corrected chi connectivity index (χ2v) is 7.23. The number of aromatic nitrogens is 3. The Morgan fingerprint density at radius 2 is 1.88 bits per heavy atom. The molecule has 0 radical (unpaired) electrons. The maximum Gasteiger partial charge on any atom is 0.325 e. The number of ether oxygens (including phenoxy) is 1. The van der Waals surface area contributed by atoms with Crippen LogP contribution in [0.15, 0.2) is 53.1 Å². The van der Waals surface area contributed by atoms with Crippen molar-refractivity contribution in [1.29, 1.82) is 0 Å². The number of benzene rings is 1. The van der Waals surface area contributed by atoms with Crippen molar-refractivity contribution in [2.24, 2.45) is 7.05 Å². The van der Waals surface area contributed by atoms with Gasteiger partial charge in [0.1, 0.15) is 12.2 Å². The quantitative estimate of drug-likeness (QED) is 0.435. The molecule has 0 fully saturated rings. The minimum Gasteiger partial charge on any atom is -0.468 e. The van der Waals surface area contributed by atoms with Gasteiger partial charge in [0.25, 0.3) is 11.8 Å². The van der Waals surface area contributed by atoms with Crippen LogP contribution in [0.5, 0.6) is 0 Å². The lowest BCUT2D eigenvalue weighted by molar-refractivity contribution is -0.139. The van der Waals surface area contributed by atoms with Crippen LogP contribution in [0.3, 0.4) is 0 Å². The number of pyridine rings is 1. The van der Waals surface area contributed by atoms with Gasteiger partial charge >= 0.3 is 5.97 Å². The minimum absolute atomic E-state index is 0.228. The number of hydrogen-bond donors (Lipinski definition) is 2. The smallest absolute Gasteiger partial charge is 0.325 e. The van der Waals surface area contributed by atoms with E-state index in [-0.39, 0.29) is 12.5 Å². The maximum atomic E-state index is 13.2. The van der Waals surface area contributed by atoms with E-state index in [0.717, 1.165) is 0 Å². The second kappa shape index (κ2) is 8.95. The Bertz CT molecular complexity index is 1340. The molecule has 0 bridgehead atoms.